The molecule has 0 spiro atoms. The van der Waals surface area contributed by atoms with Crippen molar-refractivity contribution < 1.29 is 109 Å². The zero-order chi connectivity index (χ0) is 44.3. The maximum atomic E-state index is 12.5. The summed E-state index contributed by atoms with van der Waals surface area (Å²) in [5.74, 6) is -7.60. The molecular formula is C39H40O22. The zero-order valence-corrected chi connectivity index (χ0v) is 31.3. The van der Waals surface area contributed by atoms with Crippen LogP contribution in [0.5, 0.6) is 40.2 Å². The topological polar surface area (TPSA) is 359 Å². The van der Waals surface area contributed by atoms with Crippen LogP contribution in [-0.4, -0.2) is 154 Å². The number of carboxylic acids is 1. The monoisotopic (exact) mass is 860 g/mol. The van der Waals surface area contributed by atoms with Gasteiger partial charge in [0.1, 0.15) is 97.2 Å². The fourth-order valence-electron chi connectivity index (χ4n) is 6.31. The van der Waals surface area contributed by atoms with E-state index in [1.165, 1.54) is 36.4 Å². The van der Waals surface area contributed by atoms with E-state index in [9.17, 15) is 70.6 Å². The lowest BCUT2D eigenvalue weighted by Crippen LogP contribution is -2.60. The van der Waals surface area contributed by atoms with Crippen molar-refractivity contribution in [2.45, 2.75) is 73.9 Å². The fraction of sp³-hybridized carbons (Fsp3) is 0.359. The lowest BCUT2D eigenvalue weighted by molar-refractivity contribution is -0.294. The predicted octanol–water partition coefficient (Wildman–Crippen LogP) is -1.03. The van der Waals surface area contributed by atoms with Crippen molar-refractivity contribution in [3.63, 3.8) is 0 Å². The van der Waals surface area contributed by atoms with Crippen molar-refractivity contribution in [3.05, 3.63) is 77.1 Å². The molecule has 0 amide bonds. The van der Waals surface area contributed by atoms with Gasteiger partial charge in [-0.15, -0.1) is 0 Å². The molecular weight excluding hydrogens is 820 g/mol. The van der Waals surface area contributed by atoms with E-state index in [1.807, 2.05) is 0 Å². The van der Waals surface area contributed by atoms with Gasteiger partial charge in [-0.25, -0.2) is 4.79 Å². The SMILES string of the molecule is O=C(O)CC(=O)OC[C@@H]1O[C@@H](Oc2cc(O)cc3c2C=C(O[C@@H]2O[C@H](COC(=O)/C=C\c4ccc(O)cc4)[C@@H](O)[C@H](O)[C@@H]2O)C(c2cc(O)c(O)c(O)c2)O3)[C@@H](O)[C@H](O)[C@H]1O. The maximum absolute atomic E-state index is 12.5. The second kappa shape index (κ2) is 18.5. The van der Waals surface area contributed by atoms with Gasteiger partial charge in [-0.2, -0.15) is 0 Å². The lowest BCUT2D eigenvalue weighted by Gasteiger charge is -2.41. The van der Waals surface area contributed by atoms with Crippen molar-refractivity contribution in [2.75, 3.05) is 13.2 Å². The number of carbonyl (C=O) groups is 3. The zero-order valence-electron chi connectivity index (χ0n) is 31.3. The highest BCUT2D eigenvalue weighted by Crippen LogP contribution is 2.48. The summed E-state index contributed by atoms with van der Waals surface area (Å²) in [5.41, 5.74) is 0.304. The molecule has 0 aliphatic carbocycles. The van der Waals surface area contributed by atoms with Crippen molar-refractivity contribution in [1.82, 2.24) is 0 Å². The maximum Gasteiger partial charge on any atom is 0.330 e. The molecule has 6 rings (SSSR count). The van der Waals surface area contributed by atoms with Gasteiger partial charge >= 0.3 is 17.9 Å². The molecule has 0 aromatic heterocycles. The Labute approximate surface area is 343 Å². The van der Waals surface area contributed by atoms with Crippen LogP contribution in [0.4, 0.5) is 0 Å². The van der Waals surface area contributed by atoms with Gasteiger partial charge in [0.15, 0.2) is 23.4 Å². The summed E-state index contributed by atoms with van der Waals surface area (Å²) in [6, 6.07) is 9.84. The van der Waals surface area contributed by atoms with Crippen LogP contribution in [0.2, 0.25) is 0 Å². The molecule has 2 saturated heterocycles. The summed E-state index contributed by atoms with van der Waals surface area (Å²) in [6.45, 7) is -1.46. The van der Waals surface area contributed by atoms with E-state index >= 15 is 0 Å². The van der Waals surface area contributed by atoms with Crippen molar-refractivity contribution in [1.29, 1.82) is 0 Å². The molecule has 0 saturated carbocycles. The molecule has 328 valence electrons. The second-order valence-corrected chi connectivity index (χ2v) is 13.9. The quantitative estimate of drug-likeness (QED) is 0.0423. The number of aliphatic hydroxyl groups excluding tert-OH is 6. The van der Waals surface area contributed by atoms with Crippen molar-refractivity contribution in [3.8, 4) is 40.2 Å². The molecule has 12 N–H and O–H groups in total. The Morgan fingerprint density at radius 1 is 0.672 bits per heavy atom. The van der Waals surface area contributed by atoms with Crippen LogP contribution in [-0.2, 0) is 38.1 Å². The second-order valence-electron chi connectivity index (χ2n) is 13.9. The highest BCUT2D eigenvalue weighted by molar-refractivity contribution is 5.90. The predicted molar refractivity (Wildman–Crippen MR) is 197 cm³/mol. The summed E-state index contributed by atoms with van der Waals surface area (Å²) in [7, 11) is 0. The van der Waals surface area contributed by atoms with E-state index in [0.717, 1.165) is 30.3 Å². The first kappa shape index (κ1) is 44.2. The molecule has 22 nitrogen and oxygen atoms in total. The lowest BCUT2D eigenvalue weighted by atomic mass is 9.98. The Balaban J connectivity index is 1.28. The van der Waals surface area contributed by atoms with Crippen LogP contribution in [0.3, 0.4) is 0 Å². The van der Waals surface area contributed by atoms with E-state index in [2.05, 4.69) is 0 Å². The van der Waals surface area contributed by atoms with E-state index in [4.69, 9.17) is 38.3 Å². The molecule has 3 aliphatic rings. The van der Waals surface area contributed by atoms with E-state index in [1.54, 1.807) is 0 Å². The van der Waals surface area contributed by atoms with Crippen LogP contribution >= 0.6 is 0 Å². The number of aliphatic carboxylic acids is 1. The number of phenols is 5. The number of aromatic hydroxyl groups is 5. The Morgan fingerprint density at radius 2 is 1.25 bits per heavy atom. The number of hydrogen-bond acceptors (Lipinski definition) is 21. The van der Waals surface area contributed by atoms with Gasteiger partial charge in [0.2, 0.25) is 12.6 Å². The highest BCUT2D eigenvalue weighted by atomic mass is 16.7. The number of ether oxygens (including phenoxy) is 7. The van der Waals surface area contributed by atoms with Gasteiger partial charge in [-0.3, -0.25) is 9.59 Å². The van der Waals surface area contributed by atoms with E-state index in [-0.39, 0.29) is 34.1 Å². The third-order valence-corrected chi connectivity index (χ3v) is 9.50. The van der Waals surface area contributed by atoms with Crippen LogP contribution in [0, 0.1) is 0 Å². The van der Waals surface area contributed by atoms with E-state index in [0.29, 0.717) is 5.56 Å². The first-order valence-corrected chi connectivity index (χ1v) is 18.1. The molecule has 61 heavy (non-hydrogen) atoms. The summed E-state index contributed by atoms with van der Waals surface area (Å²) < 4.78 is 39.2. The van der Waals surface area contributed by atoms with Crippen molar-refractivity contribution >= 4 is 30.1 Å². The Hall–Kier alpha value is -6.37. The Morgan fingerprint density at radius 3 is 1.84 bits per heavy atom. The number of benzene rings is 3. The minimum absolute atomic E-state index is 0.00382. The average Bonchev–Trinajstić information content (AvgIpc) is 3.21. The minimum Gasteiger partial charge on any atom is -0.508 e. The average molecular weight is 861 g/mol. The first-order valence-electron chi connectivity index (χ1n) is 18.1. The normalized spacial score (nSPS) is 28.5. The molecule has 0 bridgehead atoms. The largest absolute Gasteiger partial charge is 0.508 e. The fourth-order valence-corrected chi connectivity index (χ4v) is 6.31. The number of carboxylic acid groups (broad SMARTS) is 1. The minimum atomic E-state index is -2.00. The number of hydrogen-bond donors (Lipinski definition) is 12. The van der Waals surface area contributed by atoms with Crippen molar-refractivity contribution in [2.24, 2.45) is 0 Å². The number of phenolic OH excluding ortho intramolecular Hbond substituents is 5. The molecule has 2 fully saturated rings. The molecule has 1 unspecified atom stereocenters. The van der Waals surface area contributed by atoms with Crippen LogP contribution < -0.4 is 9.47 Å². The smallest absolute Gasteiger partial charge is 0.330 e. The van der Waals surface area contributed by atoms with Crippen LogP contribution in [0.15, 0.2) is 60.4 Å². The molecule has 3 aromatic carbocycles. The molecule has 3 heterocycles. The van der Waals surface area contributed by atoms with Gasteiger partial charge < -0.3 is 94.4 Å². The van der Waals surface area contributed by atoms with Gasteiger partial charge in [-0.05, 0) is 42.0 Å². The van der Waals surface area contributed by atoms with E-state index < -0.39 is 128 Å². The third-order valence-electron chi connectivity index (χ3n) is 9.50. The van der Waals surface area contributed by atoms with Gasteiger partial charge in [-0.1, -0.05) is 12.1 Å². The molecule has 3 aliphatic heterocycles. The first-order chi connectivity index (χ1) is 28.9. The summed E-state index contributed by atoms with van der Waals surface area (Å²) in [6.07, 6.45) is -17.5. The third kappa shape index (κ3) is 10.2. The van der Waals surface area contributed by atoms with Crippen LogP contribution in [0.25, 0.3) is 12.2 Å². The molecule has 0 radical (unpaired) electrons. The van der Waals surface area contributed by atoms with Crippen LogP contribution in [0.1, 0.15) is 29.2 Å². The standard InChI is InChI=1S/C39H40O22/c40-17-4-1-15(2-5-17)3-6-28(46)55-13-25-31(49)34(52)36(54)39(61-25)59-24-11-19-22(57-37(24)16-7-20(42)30(48)21(43)8-16)9-18(41)10-23(19)58-38-35(53)33(51)32(50)26(60-38)14-56-29(47)12-27(44)45/h1-11,25-26,31-43,48-54H,12-14H2,(H,44,45)/b6-3-/t25-,26+,31-,32+,33-,34+,35+,36+,37?,38-,39-/m1/s1. The number of aliphatic hydroxyl groups is 6. The Kier molecular flexibility index (Phi) is 13.4. The number of rotatable bonds is 13. The molecule has 3 aromatic rings. The number of esters is 2. The Bertz CT molecular complexity index is 2130. The van der Waals surface area contributed by atoms with Gasteiger partial charge in [0.25, 0.3) is 0 Å². The summed E-state index contributed by atoms with van der Waals surface area (Å²) in [4.78, 5) is 35.2. The van der Waals surface area contributed by atoms with Gasteiger partial charge in [0, 0.05) is 23.8 Å². The summed E-state index contributed by atoms with van der Waals surface area (Å²) >= 11 is 0. The molecule has 22 heteroatoms. The van der Waals surface area contributed by atoms with Gasteiger partial charge in [0.05, 0.1) is 5.56 Å². The number of carbonyl (C=O) groups excluding carboxylic acids is 2. The number of fused-ring (bicyclic) bond motifs is 1. The molecule has 11 atom stereocenters. The highest BCUT2D eigenvalue weighted by Gasteiger charge is 2.48. The summed E-state index contributed by atoms with van der Waals surface area (Å²) in [5, 5.41) is 124.